The highest BCUT2D eigenvalue weighted by Gasteiger charge is 2.41. The number of fused-ring (bicyclic) bond motifs is 4. The summed E-state index contributed by atoms with van der Waals surface area (Å²) in [6, 6.07) is 15.1. The molecule has 6 rings (SSSR count). The minimum Gasteiger partial charge on any atom is -0.372 e. The van der Waals surface area contributed by atoms with Gasteiger partial charge in [0.1, 0.15) is 11.9 Å². The van der Waals surface area contributed by atoms with Crippen LogP contribution >= 0.6 is 0 Å². The van der Waals surface area contributed by atoms with Gasteiger partial charge in [0.25, 0.3) is 0 Å². The van der Waals surface area contributed by atoms with Gasteiger partial charge in [0.05, 0.1) is 6.07 Å². The third-order valence-corrected chi connectivity index (χ3v) is 9.43. The summed E-state index contributed by atoms with van der Waals surface area (Å²) in [6.07, 6.45) is 10.9. The Balaban J connectivity index is 1.18. The zero-order valence-electron chi connectivity index (χ0n) is 21.2. The van der Waals surface area contributed by atoms with Crippen LogP contribution in [0.15, 0.2) is 48.2 Å². The predicted molar refractivity (Wildman–Crippen MR) is 142 cm³/mol. The van der Waals surface area contributed by atoms with Gasteiger partial charge in [-0.2, -0.15) is 5.26 Å². The Labute approximate surface area is 214 Å². The minimum absolute atomic E-state index is 0.230. The van der Waals surface area contributed by atoms with E-state index >= 15 is 4.39 Å². The van der Waals surface area contributed by atoms with E-state index in [4.69, 9.17) is 0 Å². The predicted octanol–water partition coefficient (Wildman–Crippen LogP) is 5.13. The SMILES string of the molecule is C/C=C(\N[C@H](C#N)Cc1ccc(-c2ccc3c(c2)C2(CCNCC2)CC3)cc1F)C1NC2CCC1C2. The molecule has 4 aliphatic rings. The summed E-state index contributed by atoms with van der Waals surface area (Å²) >= 11 is 0. The third-order valence-electron chi connectivity index (χ3n) is 9.43. The number of benzene rings is 2. The first kappa shape index (κ1) is 23.7. The van der Waals surface area contributed by atoms with Gasteiger partial charge < -0.3 is 16.0 Å². The molecule has 0 amide bonds. The molecule has 2 saturated heterocycles. The zero-order valence-corrected chi connectivity index (χ0v) is 21.2. The summed E-state index contributed by atoms with van der Waals surface area (Å²) in [5, 5.41) is 20.5. The van der Waals surface area contributed by atoms with Crippen LogP contribution in [0.2, 0.25) is 0 Å². The molecule has 188 valence electrons. The van der Waals surface area contributed by atoms with E-state index in [0.717, 1.165) is 36.3 Å². The average molecular weight is 485 g/mol. The molecule has 0 aromatic heterocycles. The van der Waals surface area contributed by atoms with Gasteiger partial charge in [0, 0.05) is 24.2 Å². The van der Waals surface area contributed by atoms with Crippen molar-refractivity contribution in [2.24, 2.45) is 5.92 Å². The van der Waals surface area contributed by atoms with Crippen LogP contribution in [0.4, 0.5) is 4.39 Å². The Bertz CT molecular complexity index is 1200. The van der Waals surface area contributed by atoms with Gasteiger partial charge >= 0.3 is 0 Å². The number of halogens is 1. The van der Waals surface area contributed by atoms with E-state index in [1.807, 2.05) is 19.1 Å². The third kappa shape index (κ3) is 4.25. The Morgan fingerprint density at radius 1 is 1.17 bits per heavy atom. The number of nitrogens with zero attached hydrogens (tertiary/aromatic N) is 1. The van der Waals surface area contributed by atoms with E-state index in [1.165, 1.54) is 49.7 Å². The van der Waals surface area contributed by atoms with Crippen molar-refractivity contribution >= 4 is 0 Å². The van der Waals surface area contributed by atoms with Gasteiger partial charge in [0.15, 0.2) is 0 Å². The molecule has 1 spiro atoms. The quantitative estimate of drug-likeness (QED) is 0.532. The summed E-state index contributed by atoms with van der Waals surface area (Å²) < 4.78 is 15.3. The lowest BCUT2D eigenvalue weighted by Crippen LogP contribution is -2.44. The first-order valence-corrected chi connectivity index (χ1v) is 13.8. The molecule has 2 bridgehead atoms. The van der Waals surface area contributed by atoms with E-state index in [2.05, 4.69) is 46.3 Å². The summed E-state index contributed by atoms with van der Waals surface area (Å²) in [7, 11) is 0. The first-order chi connectivity index (χ1) is 17.6. The number of rotatable bonds is 6. The van der Waals surface area contributed by atoms with Crippen LogP contribution in [0.1, 0.15) is 62.1 Å². The lowest BCUT2D eigenvalue weighted by Gasteiger charge is -2.35. The Hall–Kier alpha value is -2.68. The molecule has 3 N–H and O–H groups in total. The minimum atomic E-state index is -0.461. The fourth-order valence-electron chi connectivity index (χ4n) is 7.40. The molecule has 4 nitrogen and oxygen atoms in total. The lowest BCUT2D eigenvalue weighted by atomic mass is 9.74. The summed E-state index contributed by atoms with van der Waals surface area (Å²) in [6.45, 7) is 4.17. The zero-order chi connectivity index (χ0) is 24.7. The molecule has 2 aromatic rings. The Morgan fingerprint density at radius 3 is 2.67 bits per heavy atom. The van der Waals surface area contributed by atoms with Crippen molar-refractivity contribution in [3.05, 3.63) is 70.7 Å². The van der Waals surface area contributed by atoms with E-state index in [0.29, 0.717) is 35.4 Å². The molecule has 2 aliphatic carbocycles. The number of allylic oxidation sites excluding steroid dienone is 1. The summed E-state index contributed by atoms with van der Waals surface area (Å²) in [5.74, 6) is 0.409. The number of hydrogen-bond acceptors (Lipinski definition) is 4. The maximum absolute atomic E-state index is 15.3. The van der Waals surface area contributed by atoms with Crippen LogP contribution in [0.25, 0.3) is 11.1 Å². The van der Waals surface area contributed by atoms with Crippen molar-refractivity contribution in [1.82, 2.24) is 16.0 Å². The number of aryl methyl sites for hydroxylation is 1. The van der Waals surface area contributed by atoms with Gasteiger partial charge in [-0.25, -0.2) is 4.39 Å². The highest BCUT2D eigenvalue weighted by Crippen LogP contribution is 2.46. The van der Waals surface area contributed by atoms with Crippen molar-refractivity contribution < 1.29 is 4.39 Å². The topological polar surface area (TPSA) is 59.9 Å². The molecule has 2 aliphatic heterocycles. The maximum atomic E-state index is 15.3. The van der Waals surface area contributed by atoms with E-state index < -0.39 is 6.04 Å². The molecule has 2 heterocycles. The van der Waals surface area contributed by atoms with Gasteiger partial charge in [-0.15, -0.1) is 0 Å². The number of hydrogen-bond donors (Lipinski definition) is 3. The summed E-state index contributed by atoms with van der Waals surface area (Å²) in [5.41, 5.74) is 6.90. The molecule has 4 atom stereocenters. The Kier molecular flexibility index (Phi) is 6.35. The second-order valence-corrected chi connectivity index (χ2v) is 11.4. The molecular weight excluding hydrogens is 447 g/mol. The average Bonchev–Trinajstić information content (AvgIpc) is 3.63. The van der Waals surface area contributed by atoms with Gasteiger partial charge in [-0.3, -0.25) is 0 Å². The number of nitrogens with one attached hydrogen (secondary N) is 3. The van der Waals surface area contributed by atoms with Crippen molar-refractivity contribution in [3.8, 4) is 17.2 Å². The van der Waals surface area contributed by atoms with Gasteiger partial charge in [-0.1, -0.05) is 36.4 Å². The van der Waals surface area contributed by atoms with Crippen LogP contribution in [-0.2, 0) is 18.3 Å². The monoisotopic (exact) mass is 484 g/mol. The second-order valence-electron chi connectivity index (χ2n) is 11.4. The first-order valence-electron chi connectivity index (χ1n) is 13.8. The van der Waals surface area contributed by atoms with Crippen LogP contribution in [-0.4, -0.2) is 31.2 Å². The van der Waals surface area contributed by atoms with Crippen LogP contribution < -0.4 is 16.0 Å². The largest absolute Gasteiger partial charge is 0.372 e. The normalized spacial score (nSPS) is 27.1. The van der Waals surface area contributed by atoms with Crippen LogP contribution in [0, 0.1) is 23.1 Å². The number of piperidine rings is 2. The molecule has 3 fully saturated rings. The van der Waals surface area contributed by atoms with E-state index in [1.54, 1.807) is 6.07 Å². The van der Waals surface area contributed by atoms with Gasteiger partial charge in [-0.05, 0) is 110 Å². The smallest absolute Gasteiger partial charge is 0.127 e. The summed E-state index contributed by atoms with van der Waals surface area (Å²) in [4.78, 5) is 0. The fraction of sp³-hybridized carbons (Fsp3) is 0.516. The van der Waals surface area contributed by atoms with E-state index in [9.17, 15) is 5.26 Å². The fourth-order valence-corrected chi connectivity index (χ4v) is 7.40. The molecule has 1 saturated carbocycles. The highest BCUT2D eigenvalue weighted by molar-refractivity contribution is 5.67. The molecule has 36 heavy (non-hydrogen) atoms. The second kappa shape index (κ2) is 9.65. The Morgan fingerprint density at radius 2 is 1.97 bits per heavy atom. The van der Waals surface area contributed by atoms with Crippen molar-refractivity contribution in [2.75, 3.05) is 13.1 Å². The van der Waals surface area contributed by atoms with Crippen molar-refractivity contribution in [3.63, 3.8) is 0 Å². The number of nitriles is 1. The van der Waals surface area contributed by atoms with Crippen LogP contribution in [0.5, 0.6) is 0 Å². The van der Waals surface area contributed by atoms with Crippen LogP contribution in [0.3, 0.4) is 0 Å². The highest BCUT2D eigenvalue weighted by atomic mass is 19.1. The molecule has 0 radical (unpaired) electrons. The standard InChI is InChI=1S/C31H37FN4/c1-2-29(30-24-7-8-25(16-24)36-30)35-26(19-33)15-23-6-5-22(18-28(23)32)21-4-3-20-9-10-31(27(20)17-21)11-13-34-14-12-31/h2-6,17-18,24-26,30,34-36H,7-16H2,1H3/b29-2-/t24?,25?,26-,30?/m0/s1. The molecule has 3 unspecified atom stereocenters. The molecular formula is C31H37FN4. The van der Waals surface area contributed by atoms with Crippen molar-refractivity contribution in [1.29, 1.82) is 5.26 Å². The molecule has 5 heteroatoms. The van der Waals surface area contributed by atoms with Crippen molar-refractivity contribution in [2.45, 2.75) is 81.8 Å². The molecule has 2 aromatic carbocycles. The van der Waals surface area contributed by atoms with Gasteiger partial charge in [0.2, 0.25) is 0 Å². The lowest BCUT2D eigenvalue weighted by molar-refractivity contribution is 0.307. The maximum Gasteiger partial charge on any atom is 0.127 e. The van der Waals surface area contributed by atoms with E-state index in [-0.39, 0.29) is 5.82 Å².